The van der Waals surface area contributed by atoms with Gasteiger partial charge in [0.05, 0.1) is 25.6 Å². The van der Waals surface area contributed by atoms with Crippen LogP contribution >= 0.6 is 27.7 Å². The first kappa shape index (κ1) is 19.7. The van der Waals surface area contributed by atoms with E-state index in [4.69, 9.17) is 4.74 Å². The Labute approximate surface area is 181 Å². The molecule has 0 radical (unpaired) electrons. The fourth-order valence-electron chi connectivity index (χ4n) is 3.17. The fraction of sp³-hybridized carbons (Fsp3) is 0.136. The molecular weight excluding hydrogens is 450 g/mol. The summed E-state index contributed by atoms with van der Waals surface area (Å²) in [5.74, 6) is 1.12. The first-order valence-electron chi connectivity index (χ1n) is 9.00. The van der Waals surface area contributed by atoms with Crippen molar-refractivity contribution in [1.82, 2.24) is 4.90 Å². The number of hydrogen-bond acceptors (Lipinski definition) is 5. The predicted octanol–water partition coefficient (Wildman–Crippen LogP) is 5.08. The van der Waals surface area contributed by atoms with E-state index >= 15 is 0 Å². The SMILES string of the molecule is COc1ccc(Br)cc1/C=N\N=C1/SCC(=O)N1Cc1cccc2ccccc12. The van der Waals surface area contributed by atoms with Crippen molar-refractivity contribution >= 4 is 55.8 Å². The molecule has 1 saturated heterocycles. The maximum absolute atomic E-state index is 12.4. The smallest absolute Gasteiger partial charge is 0.239 e. The van der Waals surface area contributed by atoms with Gasteiger partial charge in [-0.05, 0) is 34.5 Å². The molecule has 29 heavy (non-hydrogen) atoms. The number of ether oxygens (including phenoxy) is 1. The minimum atomic E-state index is 0.0388. The number of nitrogens with zero attached hydrogens (tertiary/aromatic N) is 3. The van der Waals surface area contributed by atoms with Crippen LogP contribution in [0.15, 0.2) is 75.3 Å². The number of fused-ring (bicyclic) bond motifs is 1. The fourth-order valence-corrected chi connectivity index (χ4v) is 4.39. The van der Waals surface area contributed by atoms with E-state index in [9.17, 15) is 4.79 Å². The lowest BCUT2D eigenvalue weighted by molar-refractivity contribution is -0.124. The van der Waals surface area contributed by atoms with E-state index in [2.05, 4.69) is 44.3 Å². The lowest BCUT2D eigenvalue weighted by Crippen LogP contribution is -2.28. The van der Waals surface area contributed by atoms with Gasteiger partial charge in [-0.1, -0.05) is 70.2 Å². The summed E-state index contributed by atoms with van der Waals surface area (Å²) >= 11 is 4.85. The molecular formula is C22H18BrN3O2S. The van der Waals surface area contributed by atoms with Crippen LogP contribution in [0, 0.1) is 0 Å². The van der Waals surface area contributed by atoms with Crippen molar-refractivity contribution < 1.29 is 9.53 Å². The van der Waals surface area contributed by atoms with E-state index in [1.54, 1.807) is 18.2 Å². The number of halogens is 1. The molecule has 7 heteroatoms. The van der Waals surface area contributed by atoms with Crippen LogP contribution in [0.4, 0.5) is 0 Å². The minimum Gasteiger partial charge on any atom is -0.496 e. The Morgan fingerprint density at radius 3 is 2.86 bits per heavy atom. The van der Waals surface area contributed by atoms with Crippen LogP contribution in [0.25, 0.3) is 10.8 Å². The third-order valence-electron chi connectivity index (χ3n) is 4.60. The molecule has 4 rings (SSSR count). The van der Waals surface area contributed by atoms with Gasteiger partial charge in [-0.25, -0.2) is 0 Å². The molecule has 5 nitrogen and oxygen atoms in total. The van der Waals surface area contributed by atoms with Gasteiger partial charge in [0, 0.05) is 10.0 Å². The van der Waals surface area contributed by atoms with Crippen molar-refractivity contribution in [1.29, 1.82) is 0 Å². The highest BCUT2D eigenvalue weighted by atomic mass is 79.9. The van der Waals surface area contributed by atoms with Crippen LogP contribution in [-0.2, 0) is 11.3 Å². The summed E-state index contributed by atoms with van der Waals surface area (Å²) in [4.78, 5) is 14.1. The number of hydrogen-bond donors (Lipinski definition) is 0. The molecule has 0 saturated carbocycles. The van der Waals surface area contributed by atoms with Crippen LogP contribution in [-0.4, -0.2) is 35.1 Å². The summed E-state index contributed by atoms with van der Waals surface area (Å²) in [5.41, 5.74) is 1.89. The van der Waals surface area contributed by atoms with Crippen molar-refractivity contribution in [2.24, 2.45) is 10.2 Å². The molecule has 0 spiro atoms. The van der Waals surface area contributed by atoms with E-state index in [1.165, 1.54) is 11.8 Å². The van der Waals surface area contributed by atoms with Gasteiger partial charge in [0.15, 0.2) is 5.17 Å². The standard InChI is InChI=1S/C22H18BrN3O2S/c1-28-20-10-9-18(23)11-17(20)12-24-25-22-26(21(27)14-29-22)13-16-7-4-6-15-5-2-3-8-19(15)16/h2-12H,13-14H2,1H3/b24-12-,25-22-. The number of benzene rings is 3. The van der Waals surface area contributed by atoms with Crippen LogP contribution in [0.3, 0.4) is 0 Å². The lowest BCUT2D eigenvalue weighted by atomic mass is 10.0. The van der Waals surface area contributed by atoms with Crippen molar-refractivity contribution in [3.63, 3.8) is 0 Å². The summed E-state index contributed by atoms with van der Waals surface area (Å²) in [6.07, 6.45) is 1.63. The van der Waals surface area contributed by atoms with Gasteiger partial charge >= 0.3 is 0 Å². The monoisotopic (exact) mass is 467 g/mol. The molecule has 3 aromatic carbocycles. The Morgan fingerprint density at radius 1 is 1.17 bits per heavy atom. The second kappa shape index (κ2) is 8.80. The average Bonchev–Trinajstić information content (AvgIpc) is 3.08. The molecule has 1 heterocycles. The number of carbonyl (C=O) groups excluding carboxylic acids is 1. The van der Waals surface area contributed by atoms with Gasteiger partial charge in [-0.2, -0.15) is 5.10 Å². The van der Waals surface area contributed by atoms with Gasteiger partial charge in [-0.15, -0.1) is 5.10 Å². The molecule has 1 fully saturated rings. The Hall–Kier alpha value is -2.64. The largest absolute Gasteiger partial charge is 0.496 e. The number of amides is 1. The summed E-state index contributed by atoms with van der Waals surface area (Å²) in [6, 6.07) is 20.0. The van der Waals surface area contributed by atoms with Crippen LogP contribution in [0.2, 0.25) is 0 Å². The molecule has 1 aliphatic rings. The van der Waals surface area contributed by atoms with Crippen LogP contribution in [0.5, 0.6) is 5.75 Å². The van der Waals surface area contributed by atoms with Crippen molar-refractivity contribution in [2.45, 2.75) is 6.54 Å². The maximum Gasteiger partial charge on any atom is 0.239 e. The van der Waals surface area contributed by atoms with Crippen molar-refractivity contribution in [2.75, 3.05) is 12.9 Å². The van der Waals surface area contributed by atoms with Crippen LogP contribution in [0.1, 0.15) is 11.1 Å². The highest BCUT2D eigenvalue weighted by Gasteiger charge is 2.28. The zero-order valence-corrected chi connectivity index (χ0v) is 18.1. The van der Waals surface area contributed by atoms with E-state index in [1.807, 2.05) is 42.5 Å². The zero-order valence-electron chi connectivity index (χ0n) is 15.7. The quantitative estimate of drug-likeness (QED) is 0.388. The first-order chi connectivity index (χ1) is 14.2. The van der Waals surface area contributed by atoms with Crippen LogP contribution < -0.4 is 4.74 Å². The Kier molecular flexibility index (Phi) is 5.97. The highest BCUT2D eigenvalue weighted by molar-refractivity contribution is 9.10. The van der Waals surface area contributed by atoms with E-state index in [0.717, 1.165) is 26.4 Å². The van der Waals surface area contributed by atoms with Gasteiger partial charge in [0.25, 0.3) is 0 Å². The molecule has 0 aliphatic carbocycles. The Balaban J connectivity index is 1.59. The first-order valence-corrected chi connectivity index (χ1v) is 10.8. The number of rotatable bonds is 5. The summed E-state index contributed by atoms with van der Waals surface area (Å²) < 4.78 is 6.28. The molecule has 3 aromatic rings. The van der Waals surface area contributed by atoms with Gasteiger partial charge in [-0.3, -0.25) is 9.69 Å². The second-order valence-electron chi connectivity index (χ2n) is 6.42. The molecule has 146 valence electrons. The molecule has 0 atom stereocenters. The number of amidine groups is 1. The predicted molar refractivity (Wildman–Crippen MR) is 123 cm³/mol. The molecule has 0 bridgehead atoms. The van der Waals surface area contributed by atoms with Crippen molar-refractivity contribution in [3.05, 3.63) is 76.3 Å². The number of methoxy groups -OCH3 is 1. The number of carbonyl (C=O) groups is 1. The van der Waals surface area contributed by atoms with E-state index in [0.29, 0.717) is 23.2 Å². The molecule has 1 amide bonds. The van der Waals surface area contributed by atoms with Gasteiger partial charge < -0.3 is 4.74 Å². The molecule has 1 aliphatic heterocycles. The second-order valence-corrected chi connectivity index (χ2v) is 8.28. The van der Waals surface area contributed by atoms with Gasteiger partial charge in [0.1, 0.15) is 5.75 Å². The maximum atomic E-state index is 12.4. The summed E-state index contributed by atoms with van der Waals surface area (Å²) in [5, 5.41) is 11.4. The highest BCUT2D eigenvalue weighted by Crippen LogP contribution is 2.26. The van der Waals surface area contributed by atoms with E-state index in [-0.39, 0.29) is 5.91 Å². The third kappa shape index (κ3) is 4.36. The van der Waals surface area contributed by atoms with E-state index < -0.39 is 0 Å². The molecule has 0 aromatic heterocycles. The zero-order chi connectivity index (χ0) is 20.2. The number of thioether (sulfide) groups is 1. The Bertz CT molecular complexity index is 1120. The minimum absolute atomic E-state index is 0.0388. The lowest BCUT2D eigenvalue weighted by Gasteiger charge is -2.16. The normalized spacial score (nSPS) is 15.7. The average molecular weight is 468 g/mol. The summed E-state index contributed by atoms with van der Waals surface area (Å²) in [6.45, 7) is 0.474. The third-order valence-corrected chi connectivity index (χ3v) is 6.04. The Morgan fingerprint density at radius 2 is 2.00 bits per heavy atom. The summed E-state index contributed by atoms with van der Waals surface area (Å²) in [7, 11) is 1.61. The topological polar surface area (TPSA) is 54.3 Å². The molecule has 0 unspecified atom stereocenters. The van der Waals surface area contributed by atoms with Gasteiger partial charge in [0.2, 0.25) is 5.91 Å². The van der Waals surface area contributed by atoms with Crippen molar-refractivity contribution in [3.8, 4) is 5.75 Å². The molecule has 0 N–H and O–H groups in total.